The van der Waals surface area contributed by atoms with Crippen molar-refractivity contribution in [3.63, 3.8) is 0 Å². The number of hydrogen-bond acceptors (Lipinski definition) is 3. The van der Waals surface area contributed by atoms with Gasteiger partial charge in [0.15, 0.2) is 0 Å². The van der Waals surface area contributed by atoms with Gasteiger partial charge in [0, 0.05) is 11.4 Å². The summed E-state index contributed by atoms with van der Waals surface area (Å²) in [6.45, 7) is 8.35. The minimum Gasteiger partial charge on any atom is -0.404 e. The van der Waals surface area contributed by atoms with Crippen LogP contribution in [0.1, 0.15) is 52.9 Å². The van der Waals surface area contributed by atoms with Gasteiger partial charge in [0.2, 0.25) is 0 Å². The van der Waals surface area contributed by atoms with Gasteiger partial charge in [-0.1, -0.05) is 13.8 Å². The van der Waals surface area contributed by atoms with E-state index in [1.807, 2.05) is 0 Å². The zero-order valence-electron chi connectivity index (χ0n) is 12.3. The molecule has 0 aromatic carbocycles. The van der Waals surface area contributed by atoms with E-state index in [4.69, 9.17) is 9.31 Å². The molecule has 19 heavy (non-hydrogen) atoms. The van der Waals surface area contributed by atoms with Crippen molar-refractivity contribution in [1.29, 1.82) is 0 Å². The van der Waals surface area contributed by atoms with Gasteiger partial charge in [0.1, 0.15) is 0 Å². The van der Waals surface area contributed by atoms with Crippen molar-refractivity contribution in [2.75, 3.05) is 6.54 Å². The predicted octanol–water partition coefficient (Wildman–Crippen LogP) is 2.15. The van der Waals surface area contributed by atoms with E-state index in [9.17, 15) is 0 Å². The molecule has 0 aromatic rings. The predicted molar refractivity (Wildman–Crippen MR) is 73.6 cm³/mol. The lowest BCUT2D eigenvalue weighted by Gasteiger charge is -2.89. The van der Waals surface area contributed by atoms with Gasteiger partial charge >= 0.3 is 7.12 Å². The Bertz CT molecular complexity index is 453. The molecule has 2 heterocycles. The Morgan fingerprint density at radius 1 is 1.16 bits per heavy atom. The summed E-state index contributed by atoms with van der Waals surface area (Å²) in [5.41, 5.74) is 1.46. The summed E-state index contributed by atoms with van der Waals surface area (Å²) in [5, 5.41) is 3.55. The first-order valence-electron chi connectivity index (χ1n) is 7.99. The Morgan fingerprint density at radius 2 is 1.95 bits per heavy atom. The summed E-state index contributed by atoms with van der Waals surface area (Å²) in [6, 6.07) is 0. The van der Waals surface area contributed by atoms with Crippen LogP contribution in [0, 0.1) is 16.2 Å². The van der Waals surface area contributed by atoms with Crippen molar-refractivity contribution in [3.05, 3.63) is 0 Å². The monoisotopic (exact) mass is 261 g/mol. The van der Waals surface area contributed by atoms with E-state index in [1.54, 1.807) is 0 Å². The number of rotatable bonds is 1. The van der Waals surface area contributed by atoms with Gasteiger partial charge < -0.3 is 14.6 Å². The van der Waals surface area contributed by atoms with Crippen molar-refractivity contribution in [3.8, 4) is 0 Å². The molecule has 3 atom stereocenters. The van der Waals surface area contributed by atoms with Crippen LogP contribution in [0.4, 0.5) is 0 Å². The van der Waals surface area contributed by atoms with Crippen molar-refractivity contribution in [2.24, 2.45) is 16.2 Å². The first kappa shape index (κ1) is 11.6. The summed E-state index contributed by atoms with van der Waals surface area (Å²) >= 11 is 0. The molecular formula is C15H24BNO2. The summed E-state index contributed by atoms with van der Waals surface area (Å²) in [4.78, 5) is 0. The van der Waals surface area contributed by atoms with Gasteiger partial charge in [-0.3, -0.25) is 0 Å². The zero-order chi connectivity index (χ0) is 13.1. The SMILES string of the molecule is CC1(C)C23CC1(C2)C1OB(C2CCCN2)O[C@@]1(C)C3. The Labute approximate surface area is 115 Å². The van der Waals surface area contributed by atoms with Crippen molar-refractivity contribution in [2.45, 2.75) is 70.5 Å². The van der Waals surface area contributed by atoms with Crippen molar-refractivity contribution in [1.82, 2.24) is 5.32 Å². The van der Waals surface area contributed by atoms with Crippen LogP contribution < -0.4 is 5.32 Å². The van der Waals surface area contributed by atoms with Crippen LogP contribution in [-0.4, -0.2) is 31.3 Å². The van der Waals surface area contributed by atoms with E-state index >= 15 is 0 Å². The average Bonchev–Trinajstić information content (AvgIpc) is 2.92. The molecule has 8 rings (SSSR count). The first-order valence-corrected chi connectivity index (χ1v) is 7.99. The van der Waals surface area contributed by atoms with Crippen LogP contribution in [-0.2, 0) is 9.31 Å². The highest BCUT2D eigenvalue weighted by molar-refractivity contribution is 6.47. The molecule has 6 aliphatic carbocycles. The van der Waals surface area contributed by atoms with Crippen LogP contribution in [0.3, 0.4) is 0 Å². The molecule has 104 valence electrons. The van der Waals surface area contributed by atoms with Crippen molar-refractivity contribution < 1.29 is 9.31 Å². The van der Waals surface area contributed by atoms with Gasteiger partial charge in [-0.15, -0.1) is 0 Å². The molecule has 2 aliphatic heterocycles. The van der Waals surface area contributed by atoms with Crippen LogP contribution in [0.2, 0.25) is 0 Å². The van der Waals surface area contributed by atoms with Gasteiger partial charge in [-0.2, -0.15) is 0 Å². The van der Waals surface area contributed by atoms with E-state index in [2.05, 4.69) is 26.1 Å². The Hall–Kier alpha value is -0.0551. The van der Waals surface area contributed by atoms with E-state index in [0.717, 1.165) is 6.54 Å². The first-order chi connectivity index (χ1) is 8.93. The second kappa shape index (κ2) is 2.93. The van der Waals surface area contributed by atoms with Crippen LogP contribution in [0.25, 0.3) is 0 Å². The lowest BCUT2D eigenvalue weighted by Crippen LogP contribution is -2.86. The molecule has 8 fully saturated rings. The summed E-state index contributed by atoms with van der Waals surface area (Å²) in [6.07, 6.45) is 6.79. The average molecular weight is 261 g/mol. The fourth-order valence-electron chi connectivity index (χ4n) is 6.49. The maximum absolute atomic E-state index is 6.49. The number of nitrogens with one attached hydrogen (secondary N) is 1. The lowest BCUT2D eigenvalue weighted by molar-refractivity contribution is -0.422. The highest BCUT2D eigenvalue weighted by Gasteiger charge is 2.89. The van der Waals surface area contributed by atoms with E-state index in [0.29, 0.717) is 28.3 Å². The largest absolute Gasteiger partial charge is 0.475 e. The number of hydrogen-bond donors (Lipinski definition) is 1. The standard InChI is InChI=1S/C15H24BNO2/c1-12(2)14-7-13(3)11(15(12,8-14)9-14)18-16(19-13)10-5-4-6-17-10/h10-11,17H,4-9H2,1-3H3/t10?,11?,13-,14?,15?/m0/s1. The van der Waals surface area contributed by atoms with Gasteiger partial charge in [0.25, 0.3) is 0 Å². The Kier molecular flexibility index (Phi) is 1.79. The normalized spacial score (nSPS) is 60.5. The molecule has 0 spiro atoms. The maximum atomic E-state index is 6.49. The second-order valence-electron chi connectivity index (χ2n) is 8.61. The molecule has 1 N–H and O–H groups in total. The second-order valence-corrected chi connectivity index (χ2v) is 8.61. The molecule has 0 radical (unpaired) electrons. The lowest BCUT2D eigenvalue weighted by atomic mass is 9.16. The zero-order valence-corrected chi connectivity index (χ0v) is 12.3. The van der Waals surface area contributed by atoms with Crippen LogP contribution in [0.5, 0.6) is 0 Å². The van der Waals surface area contributed by atoms with Crippen molar-refractivity contribution >= 4 is 7.12 Å². The third-order valence-corrected chi connectivity index (χ3v) is 7.71. The summed E-state index contributed by atoms with van der Waals surface area (Å²) in [5.74, 6) is 0.425. The third kappa shape index (κ3) is 0.988. The molecule has 0 amide bonds. The molecule has 6 saturated carbocycles. The fraction of sp³-hybridized carbons (Fsp3) is 1.00. The highest BCUT2D eigenvalue weighted by atomic mass is 16.7. The highest BCUT2D eigenvalue weighted by Crippen LogP contribution is 2.91. The minimum absolute atomic E-state index is 0.000301. The minimum atomic E-state index is -0.0129. The fourth-order valence-corrected chi connectivity index (χ4v) is 6.49. The maximum Gasteiger partial charge on any atom is 0.475 e. The molecule has 8 aliphatic rings. The summed E-state index contributed by atoms with van der Waals surface area (Å²) < 4.78 is 12.9. The smallest absolute Gasteiger partial charge is 0.404 e. The molecule has 2 unspecified atom stereocenters. The van der Waals surface area contributed by atoms with Crippen LogP contribution >= 0.6 is 0 Å². The summed E-state index contributed by atoms with van der Waals surface area (Å²) in [7, 11) is -0.000301. The Balaban J connectivity index is 1.48. The molecule has 2 bridgehead atoms. The Morgan fingerprint density at radius 3 is 2.58 bits per heavy atom. The molecule has 2 saturated heterocycles. The van der Waals surface area contributed by atoms with Crippen LogP contribution in [0.15, 0.2) is 0 Å². The molecule has 0 aromatic heterocycles. The van der Waals surface area contributed by atoms with E-state index < -0.39 is 0 Å². The van der Waals surface area contributed by atoms with Gasteiger partial charge in [0.05, 0.1) is 11.7 Å². The van der Waals surface area contributed by atoms with Gasteiger partial charge in [-0.05, 0) is 56.4 Å². The third-order valence-electron chi connectivity index (χ3n) is 7.71. The molecular weight excluding hydrogens is 237 g/mol. The molecule has 4 heteroatoms. The van der Waals surface area contributed by atoms with E-state index in [-0.39, 0.29) is 12.7 Å². The quantitative estimate of drug-likeness (QED) is 0.734. The van der Waals surface area contributed by atoms with E-state index in [1.165, 1.54) is 32.1 Å². The van der Waals surface area contributed by atoms with Gasteiger partial charge in [-0.25, -0.2) is 0 Å². The topological polar surface area (TPSA) is 30.5 Å². The molecule has 3 nitrogen and oxygen atoms in total.